The molecule has 19 heteroatoms. The number of nitrogens with zero attached hydrogens (tertiary/aromatic N) is 5. The van der Waals surface area contributed by atoms with Gasteiger partial charge in [-0.3, -0.25) is 19.9 Å². The number of nitrogens with one attached hydrogen (secondary N) is 2. The second-order valence-electron chi connectivity index (χ2n) is 7.82. The van der Waals surface area contributed by atoms with Gasteiger partial charge in [-0.05, 0) is 13.8 Å². The van der Waals surface area contributed by atoms with Gasteiger partial charge in [0.05, 0.1) is 12.3 Å². The summed E-state index contributed by atoms with van der Waals surface area (Å²) >= 11 is 2.28. The number of oxime groups is 1. The molecule has 39 heavy (non-hydrogen) atoms. The number of nitrogen functional groups attached to an aromatic ring is 1. The second-order valence-corrected chi connectivity index (χ2v) is 9.82. The number of ether oxygens (including phenoxy) is 3. The Labute approximate surface area is 229 Å². The van der Waals surface area contributed by atoms with E-state index in [1.54, 1.807) is 13.8 Å². The first kappa shape index (κ1) is 29.2. The van der Waals surface area contributed by atoms with Crippen LogP contribution in [0.2, 0.25) is 0 Å². The van der Waals surface area contributed by atoms with Crippen LogP contribution in [0.1, 0.15) is 19.5 Å². The number of nitrogens with two attached hydrogens (primary N) is 2. The quantitative estimate of drug-likeness (QED) is 0.0311. The van der Waals surface area contributed by atoms with E-state index in [9.17, 15) is 24.4 Å². The highest BCUT2D eigenvalue weighted by atomic mass is 32.2. The number of esters is 1. The summed E-state index contributed by atoms with van der Waals surface area (Å²) in [5, 5.41) is 22.8. The van der Waals surface area contributed by atoms with Gasteiger partial charge in [0.1, 0.15) is 42.4 Å². The monoisotopic (exact) mass is 583 g/mol. The van der Waals surface area contributed by atoms with Crippen LogP contribution in [0.3, 0.4) is 0 Å². The van der Waals surface area contributed by atoms with Crippen molar-refractivity contribution in [2.75, 3.05) is 24.7 Å². The van der Waals surface area contributed by atoms with Crippen LogP contribution in [-0.4, -0.2) is 93.8 Å². The van der Waals surface area contributed by atoms with Crippen molar-refractivity contribution in [2.45, 2.75) is 31.4 Å². The zero-order chi connectivity index (χ0) is 28.5. The number of fused-ring (bicyclic) bond motifs is 1. The van der Waals surface area contributed by atoms with Crippen molar-refractivity contribution in [1.29, 1.82) is 0 Å². The summed E-state index contributed by atoms with van der Waals surface area (Å²) in [4.78, 5) is 55.3. The Kier molecular flexibility index (Phi) is 10.0. The van der Waals surface area contributed by atoms with Crippen LogP contribution >= 0.6 is 23.1 Å². The fraction of sp³-hybridized carbons (Fsp3) is 0.400. The van der Waals surface area contributed by atoms with Crippen molar-refractivity contribution in [3.05, 3.63) is 22.3 Å². The molecule has 2 amide bonds. The van der Waals surface area contributed by atoms with Gasteiger partial charge in [0.2, 0.25) is 0 Å². The molecule has 2 aliphatic heterocycles. The molecule has 0 aromatic carbocycles. The lowest BCUT2D eigenvalue weighted by molar-refractivity contribution is -0.153. The fourth-order valence-electron chi connectivity index (χ4n) is 3.29. The number of hydrogen-bond donors (Lipinski definition) is 5. The van der Waals surface area contributed by atoms with E-state index in [-0.39, 0.29) is 41.6 Å². The molecule has 1 fully saturated rings. The molecule has 0 radical (unpaired) electrons. The van der Waals surface area contributed by atoms with Gasteiger partial charge in [-0.15, -0.1) is 23.1 Å². The van der Waals surface area contributed by atoms with E-state index >= 15 is 0 Å². The predicted molar refractivity (Wildman–Crippen MR) is 140 cm³/mol. The SMILES string of the molecule is CC(C)OC(=O)OCCOC(=O)C1=C(/C=N\NC=NN)CS[C@@H]2C(NC(=O)C(=NO)c3csc(N)n3)C(=O)N12. The number of thioether (sulfide) groups is 1. The molecule has 3 rings (SSSR count). The van der Waals surface area contributed by atoms with Gasteiger partial charge in [-0.2, -0.15) is 10.2 Å². The van der Waals surface area contributed by atoms with Crippen LogP contribution in [0, 0.1) is 0 Å². The highest BCUT2D eigenvalue weighted by molar-refractivity contribution is 8.00. The average Bonchev–Trinajstić information content (AvgIpc) is 3.32. The largest absolute Gasteiger partial charge is 0.508 e. The maximum Gasteiger partial charge on any atom is 0.508 e. The number of amides is 2. The van der Waals surface area contributed by atoms with Gasteiger partial charge in [0.15, 0.2) is 10.8 Å². The van der Waals surface area contributed by atoms with Crippen LogP contribution < -0.4 is 22.3 Å². The lowest BCUT2D eigenvalue weighted by atomic mass is 10.0. The molecular weight excluding hydrogens is 558 g/mol. The number of rotatable bonds is 11. The van der Waals surface area contributed by atoms with E-state index < -0.39 is 41.1 Å². The third-order valence-electron chi connectivity index (χ3n) is 4.85. The summed E-state index contributed by atoms with van der Waals surface area (Å²) < 4.78 is 14.9. The molecule has 0 aliphatic carbocycles. The minimum absolute atomic E-state index is 0.0353. The molecule has 1 saturated heterocycles. The highest BCUT2D eigenvalue weighted by Crippen LogP contribution is 2.40. The van der Waals surface area contributed by atoms with Crippen LogP contribution in [0.4, 0.5) is 9.93 Å². The van der Waals surface area contributed by atoms with Crippen molar-refractivity contribution in [1.82, 2.24) is 20.6 Å². The van der Waals surface area contributed by atoms with E-state index in [0.29, 0.717) is 5.57 Å². The Morgan fingerprint density at radius 3 is 2.72 bits per heavy atom. The van der Waals surface area contributed by atoms with E-state index in [4.69, 9.17) is 25.8 Å². The molecule has 0 saturated carbocycles. The molecule has 1 unspecified atom stereocenters. The summed E-state index contributed by atoms with van der Waals surface area (Å²) in [5.74, 6) is 2.84. The summed E-state index contributed by atoms with van der Waals surface area (Å²) in [6, 6.07) is -1.05. The molecule has 17 nitrogen and oxygen atoms in total. The molecule has 2 atom stereocenters. The molecule has 7 N–H and O–H groups in total. The minimum atomic E-state index is -1.05. The maximum absolute atomic E-state index is 13.1. The first-order valence-electron chi connectivity index (χ1n) is 11.1. The topological polar surface area (TPSA) is 246 Å². The summed E-state index contributed by atoms with van der Waals surface area (Å²) in [7, 11) is 0. The van der Waals surface area contributed by atoms with E-state index in [1.165, 1.54) is 23.4 Å². The van der Waals surface area contributed by atoms with Crippen LogP contribution in [0.15, 0.2) is 32.0 Å². The number of carbonyl (C=O) groups is 4. The number of carbonyl (C=O) groups excluding carboxylic acids is 4. The first-order chi connectivity index (χ1) is 18.7. The number of anilines is 1. The minimum Gasteiger partial charge on any atom is -0.457 e. The lowest BCUT2D eigenvalue weighted by Crippen LogP contribution is -2.71. The van der Waals surface area contributed by atoms with Crippen molar-refractivity contribution >= 4 is 70.4 Å². The van der Waals surface area contributed by atoms with Gasteiger partial charge in [-0.1, -0.05) is 5.16 Å². The predicted octanol–water partition coefficient (Wildman–Crippen LogP) is -0.860. The number of thiazole rings is 1. The third-order valence-corrected chi connectivity index (χ3v) is 6.83. The van der Waals surface area contributed by atoms with Crippen LogP contribution in [-0.2, 0) is 28.6 Å². The number of hydrogen-bond acceptors (Lipinski definition) is 16. The first-order valence-corrected chi connectivity index (χ1v) is 13.0. The van der Waals surface area contributed by atoms with Crippen LogP contribution in [0.25, 0.3) is 0 Å². The molecule has 1 aromatic rings. The third kappa shape index (κ3) is 7.13. The van der Waals surface area contributed by atoms with E-state index in [0.717, 1.165) is 22.6 Å². The molecule has 2 aliphatic rings. The Hall–Kier alpha value is -4.39. The number of aromatic nitrogens is 1. The summed E-state index contributed by atoms with van der Waals surface area (Å²) in [6.45, 7) is 2.70. The van der Waals surface area contributed by atoms with Gasteiger partial charge >= 0.3 is 12.1 Å². The molecular formula is C20H25N9O8S2. The summed E-state index contributed by atoms with van der Waals surface area (Å²) in [6.07, 6.45) is 1.09. The van der Waals surface area contributed by atoms with E-state index in [2.05, 4.69) is 31.1 Å². The van der Waals surface area contributed by atoms with Crippen molar-refractivity contribution in [3.63, 3.8) is 0 Å². The average molecular weight is 584 g/mol. The Morgan fingerprint density at radius 1 is 1.33 bits per heavy atom. The Bertz CT molecular complexity index is 1230. The Balaban J connectivity index is 1.72. The molecule has 210 valence electrons. The van der Waals surface area contributed by atoms with Gasteiger partial charge in [0, 0.05) is 16.7 Å². The Morgan fingerprint density at radius 2 is 2.08 bits per heavy atom. The van der Waals surface area contributed by atoms with Crippen LogP contribution in [0.5, 0.6) is 0 Å². The fourth-order valence-corrected chi connectivity index (χ4v) is 5.13. The standard InChI is InChI=1S/C20H25N9O8S2/c1-9(2)37-20(33)36-4-3-35-18(32)14-10(5-24-25-8-23-22)6-38-17-13(16(31)29(14)17)27-15(30)12(28-34)11-7-39-19(21)26-11/h5,7-9,13,17,34H,3-4,6,22H2,1-2H3,(H2,21,26)(H,23,25)(H,27,30)/b24-5-,28-12?/t13?,17-/m1/s1. The van der Waals surface area contributed by atoms with Crippen molar-refractivity contribution in [3.8, 4) is 0 Å². The molecule has 3 heterocycles. The molecule has 0 bridgehead atoms. The van der Waals surface area contributed by atoms with Crippen molar-refractivity contribution in [2.24, 2.45) is 21.2 Å². The zero-order valence-corrected chi connectivity index (χ0v) is 22.2. The zero-order valence-electron chi connectivity index (χ0n) is 20.6. The maximum atomic E-state index is 13.1. The van der Waals surface area contributed by atoms with Gasteiger partial charge in [0.25, 0.3) is 11.8 Å². The smallest absolute Gasteiger partial charge is 0.457 e. The number of hydrazone groups is 2. The summed E-state index contributed by atoms with van der Waals surface area (Å²) in [5.41, 5.74) is 7.81. The highest BCUT2D eigenvalue weighted by Gasteiger charge is 2.54. The normalized spacial score (nSPS) is 19.2. The lowest BCUT2D eigenvalue weighted by Gasteiger charge is -2.49. The molecule has 1 aromatic heterocycles. The second kappa shape index (κ2) is 13.4. The van der Waals surface area contributed by atoms with Gasteiger partial charge in [-0.25, -0.2) is 14.6 Å². The molecule has 0 spiro atoms. The number of β-lactam (4-membered cyclic amide) rings is 1. The van der Waals surface area contributed by atoms with Gasteiger partial charge < -0.3 is 36.3 Å². The van der Waals surface area contributed by atoms with Crippen molar-refractivity contribution < 1.29 is 38.6 Å². The van der Waals surface area contributed by atoms with E-state index in [1.807, 2.05) is 0 Å².